The molecule has 2 aromatic rings. The highest BCUT2D eigenvalue weighted by Crippen LogP contribution is 2.39. The van der Waals surface area contributed by atoms with Gasteiger partial charge in [0.15, 0.2) is 6.39 Å². The Hall–Kier alpha value is -2.18. The molecule has 3 heterocycles. The van der Waals surface area contributed by atoms with E-state index in [-0.39, 0.29) is 11.9 Å². The summed E-state index contributed by atoms with van der Waals surface area (Å²) in [6, 6.07) is 0.130. The van der Waals surface area contributed by atoms with E-state index in [1.807, 2.05) is 0 Å². The Kier molecular flexibility index (Phi) is 3.20. The molecule has 0 bridgehead atoms. The van der Waals surface area contributed by atoms with Crippen molar-refractivity contribution in [3.63, 3.8) is 0 Å². The smallest absolute Gasteiger partial charge is 0.289 e. The summed E-state index contributed by atoms with van der Waals surface area (Å²) in [5.74, 6) is 2.91. The quantitative estimate of drug-likeness (QED) is 0.930. The third-order valence-electron chi connectivity index (χ3n) is 4.50. The van der Waals surface area contributed by atoms with Gasteiger partial charge in [0.05, 0.1) is 5.69 Å². The standard InChI is InChI=1S/C15H19N5O2/c1-9-13(22-8-16-9)15(21)17-11-4-5-12-18-19-14(10-2-3-10)20(12)7-6-11/h8,10-11H,2-7H2,1H3,(H,17,21). The number of nitrogens with zero attached hydrogens (tertiary/aromatic N) is 4. The van der Waals surface area contributed by atoms with Gasteiger partial charge < -0.3 is 14.3 Å². The first-order valence-electron chi connectivity index (χ1n) is 7.85. The van der Waals surface area contributed by atoms with Crippen molar-refractivity contribution >= 4 is 5.91 Å². The summed E-state index contributed by atoms with van der Waals surface area (Å²) in [6.45, 7) is 2.64. The Morgan fingerprint density at radius 1 is 1.32 bits per heavy atom. The lowest BCUT2D eigenvalue weighted by atomic mass is 10.1. The Morgan fingerprint density at radius 2 is 2.18 bits per heavy atom. The highest BCUT2D eigenvalue weighted by atomic mass is 16.3. The highest BCUT2D eigenvalue weighted by molar-refractivity contribution is 5.92. The van der Waals surface area contributed by atoms with Gasteiger partial charge in [-0.1, -0.05) is 0 Å². The van der Waals surface area contributed by atoms with Crippen molar-refractivity contribution in [1.82, 2.24) is 25.1 Å². The highest BCUT2D eigenvalue weighted by Gasteiger charge is 2.31. The molecule has 7 heteroatoms. The molecular formula is C15H19N5O2. The van der Waals surface area contributed by atoms with Crippen LogP contribution in [0.3, 0.4) is 0 Å². The Morgan fingerprint density at radius 3 is 2.91 bits per heavy atom. The van der Waals surface area contributed by atoms with Crippen LogP contribution in [0, 0.1) is 6.92 Å². The molecule has 1 N–H and O–H groups in total. The lowest BCUT2D eigenvalue weighted by molar-refractivity contribution is 0.0904. The fourth-order valence-electron chi connectivity index (χ4n) is 3.07. The van der Waals surface area contributed by atoms with Gasteiger partial charge in [0.2, 0.25) is 5.76 Å². The van der Waals surface area contributed by atoms with Crippen molar-refractivity contribution < 1.29 is 9.21 Å². The molecule has 116 valence electrons. The fourth-order valence-corrected chi connectivity index (χ4v) is 3.07. The molecule has 2 aliphatic rings. The number of amides is 1. The SMILES string of the molecule is Cc1ncoc1C(=O)NC1CCc2nnc(C3CC3)n2CC1. The molecule has 2 aromatic heterocycles. The Bertz CT molecular complexity index is 701. The van der Waals surface area contributed by atoms with Crippen LogP contribution < -0.4 is 5.32 Å². The maximum Gasteiger partial charge on any atom is 0.289 e. The predicted molar refractivity (Wildman–Crippen MR) is 77.4 cm³/mol. The van der Waals surface area contributed by atoms with E-state index in [1.54, 1.807) is 6.92 Å². The maximum atomic E-state index is 12.2. The number of hydrogen-bond acceptors (Lipinski definition) is 5. The number of fused-ring (bicyclic) bond motifs is 1. The molecule has 0 spiro atoms. The number of oxazole rings is 1. The molecule has 1 atom stereocenters. The van der Waals surface area contributed by atoms with E-state index in [0.717, 1.165) is 37.5 Å². The summed E-state index contributed by atoms with van der Waals surface area (Å²) in [5.41, 5.74) is 0.624. The van der Waals surface area contributed by atoms with Crippen LogP contribution in [0.2, 0.25) is 0 Å². The molecule has 0 aromatic carbocycles. The monoisotopic (exact) mass is 301 g/mol. The largest absolute Gasteiger partial charge is 0.438 e. The number of hydrogen-bond donors (Lipinski definition) is 1. The number of carbonyl (C=O) groups excluding carboxylic acids is 1. The van der Waals surface area contributed by atoms with E-state index in [9.17, 15) is 4.79 Å². The van der Waals surface area contributed by atoms with Crippen molar-refractivity contribution in [3.05, 3.63) is 29.5 Å². The molecule has 22 heavy (non-hydrogen) atoms. The second-order valence-corrected chi connectivity index (χ2v) is 6.16. The minimum Gasteiger partial charge on any atom is -0.438 e. The number of aromatic nitrogens is 4. The van der Waals surface area contributed by atoms with E-state index in [0.29, 0.717) is 17.4 Å². The van der Waals surface area contributed by atoms with Crippen molar-refractivity contribution in [2.24, 2.45) is 0 Å². The molecule has 0 saturated heterocycles. The first kappa shape index (κ1) is 13.5. The first-order chi connectivity index (χ1) is 10.7. The van der Waals surface area contributed by atoms with Gasteiger partial charge in [-0.3, -0.25) is 4.79 Å². The molecule has 1 aliphatic heterocycles. The Balaban J connectivity index is 1.44. The lowest BCUT2D eigenvalue weighted by Crippen LogP contribution is -2.35. The molecule has 1 fully saturated rings. The van der Waals surface area contributed by atoms with Crippen LogP contribution in [0.1, 0.15) is 59.5 Å². The number of aryl methyl sites for hydroxylation is 2. The maximum absolute atomic E-state index is 12.2. The minimum absolute atomic E-state index is 0.130. The fraction of sp³-hybridized carbons (Fsp3) is 0.600. The van der Waals surface area contributed by atoms with Crippen LogP contribution in [-0.4, -0.2) is 31.7 Å². The minimum atomic E-state index is -0.180. The Labute approximate surface area is 128 Å². The van der Waals surface area contributed by atoms with Crippen LogP contribution >= 0.6 is 0 Å². The van der Waals surface area contributed by atoms with Gasteiger partial charge in [0, 0.05) is 24.9 Å². The molecule has 1 amide bonds. The van der Waals surface area contributed by atoms with E-state index in [4.69, 9.17) is 4.42 Å². The third kappa shape index (κ3) is 2.40. The first-order valence-corrected chi connectivity index (χ1v) is 7.85. The third-order valence-corrected chi connectivity index (χ3v) is 4.50. The molecule has 4 rings (SSSR count). The van der Waals surface area contributed by atoms with E-state index >= 15 is 0 Å². The van der Waals surface area contributed by atoms with Crippen LogP contribution in [0.5, 0.6) is 0 Å². The van der Waals surface area contributed by atoms with Crippen LogP contribution in [0.4, 0.5) is 0 Å². The topological polar surface area (TPSA) is 85.8 Å². The number of rotatable bonds is 3. The normalized spacial score (nSPS) is 21.2. The summed E-state index contributed by atoms with van der Waals surface area (Å²) in [5, 5.41) is 11.7. The van der Waals surface area contributed by atoms with Gasteiger partial charge in [0.1, 0.15) is 11.6 Å². The molecule has 1 saturated carbocycles. The van der Waals surface area contributed by atoms with Gasteiger partial charge >= 0.3 is 0 Å². The van der Waals surface area contributed by atoms with Gasteiger partial charge in [-0.2, -0.15) is 0 Å². The lowest BCUT2D eigenvalue weighted by Gasteiger charge is -2.15. The zero-order chi connectivity index (χ0) is 15.1. The predicted octanol–water partition coefficient (Wildman–Crippen LogP) is 1.59. The van der Waals surface area contributed by atoms with Crippen LogP contribution in [-0.2, 0) is 13.0 Å². The second kappa shape index (κ2) is 5.23. The van der Waals surface area contributed by atoms with E-state index < -0.39 is 0 Å². The van der Waals surface area contributed by atoms with Gasteiger partial charge in [0.25, 0.3) is 5.91 Å². The van der Waals surface area contributed by atoms with Gasteiger partial charge in [-0.15, -0.1) is 10.2 Å². The van der Waals surface area contributed by atoms with E-state index in [2.05, 4.69) is 25.1 Å². The summed E-state index contributed by atoms with van der Waals surface area (Å²) >= 11 is 0. The average Bonchev–Trinajstić information content (AvgIpc) is 3.19. The van der Waals surface area contributed by atoms with Crippen molar-refractivity contribution in [3.8, 4) is 0 Å². The van der Waals surface area contributed by atoms with Crippen molar-refractivity contribution in [1.29, 1.82) is 0 Å². The molecule has 1 aliphatic carbocycles. The molecular weight excluding hydrogens is 282 g/mol. The van der Waals surface area contributed by atoms with Crippen LogP contribution in [0.15, 0.2) is 10.8 Å². The van der Waals surface area contributed by atoms with Gasteiger partial charge in [-0.25, -0.2) is 4.98 Å². The summed E-state index contributed by atoms with van der Waals surface area (Å²) in [4.78, 5) is 16.2. The summed E-state index contributed by atoms with van der Waals surface area (Å²) in [7, 11) is 0. The number of carbonyl (C=O) groups is 1. The molecule has 1 unspecified atom stereocenters. The van der Waals surface area contributed by atoms with Crippen LogP contribution in [0.25, 0.3) is 0 Å². The van der Waals surface area contributed by atoms with Crippen molar-refractivity contribution in [2.45, 2.75) is 57.5 Å². The molecule has 0 radical (unpaired) electrons. The number of nitrogens with one attached hydrogen (secondary N) is 1. The zero-order valence-corrected chi connectivity index (χ0v) is 12.6. The second-order valence-electron chi connectivity index (χ2n) is 6.16. The van der Waals surface area contributed by atoms with E-state index in [1.165, 1.54) is 19.2 Å². The summed E-state index contributed by atoms with van der Waals surface area (Å²) < 4.78 is 7.41. The average molecular weight is 301 g/mol. The van der Waals surface area contributed by atoms with Crippen molar-refractivity contribution in [2.75, 3.05) is 0 Å². The summed E-state index contributed by atoms with van der Waals surface area (Å²) in [6.07, 6.45) is 6.37. The zero-order valence-electron chi connectivity index (χ0n) is 12.6. The molecule has 7 nitrogen and oxygen atoms in total. The van der Waals surface area contributed by atoms with Gasteiger partial charge in [-0.05, 0) is 32.6 Å².